The van der Waals surface area contributed by atoms with Gasteiger partial charge in [-0.25, -0.2) is 9.59 Å². The van der Waals surface area contributed by atoms with Gasteiger partial charge in [0.15, 0.2) is 11.6 Å². The van der Waals surface area contributed by atoms with Crippen LogP contribution < -0.4 is 0 Å². The van der Waals surface area contributed by atoms with Crippen LogP contribution in [0, 0.1) is 23.2 Å². The largest absolute Gasteiger partial charge is 0.466 e. The van der Waals surface area contributed by atoms with E-state index in [0.29, 0.717) is 5.57 Å². The van der Waals surface area contributed by atoms with Gasteiger partial charge < -0.3 is 14.2 Å². The van der Waals surface area contributed by atoms with Gasteiger partial charge in [-0.1, -0.05) is 18.2 Å². The van der Waals surface area contributed by atoms with Gasteiger partial charge in [-0.15, -0.1) is 0 Å². The molecule has 0 aromatic rings. The SMILES string of the molecule is COC(=O)C1=C(C(=O)OC)[C@@]2(C)O[C@]1(C)[C@@H]1[C@@H]3C=C[C@]4(C(=O)C=CC4=CC3=O)[C@@H]12. The summed E-state index contributed by atoms with van der Waals surface area (Å²) in [5.74, 6) is -3.33. The van der Waals surface area contributed by atoms with Gasteiger partial charge in [0, 0.05) is 17.8 Å². The van der Waals surface area contributed by atoms with E-state index in [4.69, 9.17) is 14.2 Å². The van der Waals surface area contributed by atoms with Gasteiger partial charge in [-0.05, 0) is 31.6 Å². The smallest absolute Gasteiger partial charge is 0.337 e. The summed E-state index contributed by atoms with van der Waals surface area (Å²) in [6.45, 7) is 3.40. The molecule has 4 aliphatic carbocycles. The Morgan fingerprint density at radius 2 is 1.62 bits per heavy atom. The third-order valence-electron chi connectivity index (χ3n) is 7.40. The Morgan fingerprint density at radius 1 is 1.00 bits per heavy atom. The van der Waals surface area contributed by atoms with Gasteiger partial charge >= 0.3 is 11.9 Å². The highest BCUT2D eigenvalue weighted by Gasteiger charge is 2.78. The Bertz CT molecular complexity index is 1040. The molecule has 7 nitrogen and oxygen atoms in total. The summed E-state index contributed by atoms with van der Waals surface area (Å²) >= 11 is 0. The molecule has 0 N–H and O–H groups in total. The highest BCUT2D eigenvalue weighted by Crippen LogP contribution is 2.71. The number of esters is 2. The van der Waals surface area contributed by atoms with Crippen LogP contribution in [-0.4, -0.2) is 48.9 Å². The van der Waals surface area contributed by atoms with Gasteiger partial charge in [0.1, 0.15) is 11.2 Å². The van der Waals surface area contributed by atoms with E-state index in [1.807, 2.05) is 0 Å². The maximum Gasteiger partial charge on any atom is 0.337 e. The van der Waals surface area contributed by atoms with Crippen LogP contribution in [0.25, 0.3) is 0 Å². The summed E-state index contributed by atoms with van der Waals surface area (Å²) in [7, 11) is 2.46. The molecule has 6 aliphatic rings. The van der Waals surface area contributed by atoms with Crippen molar-refractivity contribution < 1.29 is 33.4 Å². The fraction of sp³-hybridized carbons (Fsp3) is 0.455. The maximum absolute atomic E-state index is 13.2. The van der Waals surface area contributed by atoms with Crippen molar-refractivity contribution in [3.63, 3.8) is 0 Å². The Balaban J connectivity index is 1.85. The summed E-state index contributed by atoms with van der Waals surface area (Å²) in [6.07, 6.45) is 8.18. The molecule has 1 spiro atoms. The van der Waals surface area contributed by atoms with Gasteiger partial charge in [-0.2, -0.15) is 0 Å². The number of rotatable bonds is 2. The van der Waals surface area contributed by atoms with E-state index < -0.39 is 46.3 Å². The lowest BCUT2D eigenvalue weighted by Gasteiger charge is -2.48. The lowest BCUT2D eigenvalue weighted by Crippen LogP contribution is -2.56. The first-order chi connectivity index (χ1) is 13.7. The van der Waals surface area contributed by atoms with E-state index in [1.54, 1.807) is 32.1 Å². The number of ether oxygens (including phenoxy) is 3. The molecule has 0 aromatic carbocycles. The van der Waals surface area contributed by atoms with Crippen molar-refractivity contribution in [3.8, 4) is 0 Å². The summed E-state index contributed by atoms with van der Waals surface area (Å²) < 4.78 is 16.4. The van der Waals surface area contributed by atoms with Crippen LogP contribution >= 0.6 is 0 Å². The zero-order chi connectivity index (χ0) is 20.9. The minimum atomic E-state index is -1.30. The van der Waals surface area contributed by atoms with Gasteiger partial charge in [0.2, 0.25) is 0 Å². The fourth-order valence-electron chi connectivity index (χ4n) is 6.50. The third-order valence-corrected chi connectivity index (χ3v) is 7.40. The molecule has 0 saturated carbocycles. The average molecular weight is 396 g/mol. The van der Waals surface area contributed by atoms with Crippen LogP contribution in [0.2, 0.25) is 0 Å². The normalized spacial score (nSPS) is 43.3. The van der Waals surface area contributed by atoms with Crippen molar-refractivity contribution in [3.05, 3.63) is 47.1 Å². The number of carbonyl (C=O) groups excluding carboxylic acids is 4. The van der Waals surface area contributed by atoms with Crippen LogP contribution in [0.5, 0.6) is 0 Å². The average Bonchev–Trinajstić information content (AvgIpc) is 3.14. The molecule has 150 valence electrons. The van der Waals surface area contributed by atoms with E-state index in [2.05, 4.69) is 0 Å². The molecule has 2 heterocycles. The Kier molecular flexibility index (Phi) is 3.28. The van der Waals surface area contributed by atoms with Crippen molar-refractivity contribution in [2.24, 2.45) is 23.2 Å². The van der Waals surface area contributed by atoms with Crippen LogP contribution in [0.15, 0.2) is 47.1 Å². The third kappa shape index (κ3) is 1.74. The second kappa shape index (κ2) is 5.21. The van der Waals surface area contributed by atoms with Crippen LogP contribution in [0.3, 0.4) is 0 Å². The highest BCUT2D eigenvalue weighted by atomic mass is 16.6. The fourth-order valence-corrected chi connectivity index (χ4v) is 6.50. The molecule has 6 rings (SSSR count). The quantitative estimate of drug-likeness (QED) is 0.512. The molecule has 0 radical (unpaired) electrons. The van der Waals surface area contributed by atoms with Crippen molar-refractivity contribution >= 4 is 23.5 Å². The van der Waals surface area contributed by atoms with Crippen LogP contribution in [0.4, 0.5) is 0 Å². The number of carbonyl (C=O) groups is 4. The summed E-state index contributed by atoms with van der Waals surface area (Å²) in [5.41, 5.74) is -2.95. The van der Waals surface area contributed by atoms with Crippen LogP contribution in [-0.2, 0) is 33.4 Å². The highest BCUT2D eigenvalue weighted by molar-refractivity contribution is 6.11. The monoisotopic (exact) mass is 396 g/mol. The van der Waals surface area contributed by atoms with Crippen molar-refractivity contribution in [2.45, 2.75) is 25.0 Å². The molecule has 2 aliphatic heterocycles. The Hall–Kier alpha value is -2.80. The molecule has 0 aromatic heterocycles. The number of allylic oxidation sites excluding steroid dienone is 6. The topological polar surface area (TPSA) is 96.0 Å². The molecule has 0 unspecified atom stereocenters. The molecule has 1 saturated heterocycles. The molecular formula is C22H20O7. The zero-order valence-corrected chi connectivity index (χ0v) is 16.5. The van der Waals surface area contributed by atoms with Gasteiger partial charge in [0.05, 0.1) is 30.8 Å². The standard InChI is InChI=1S/C22H20O7/c1-20-14-11-7-8-22(10(9-12(11)23)5-6-13(22)24)17(14)21(2,29-20)16(19(26)28-4)15(20)18(25)27-3/h5-9,11,14,17H,1-4H3/t11-,14-,17+,20-,21-,22+/m1/s1. The maximum atomic E-state index is 13.2. The predicted octanol–water partition coefficient (Wildman–Crippen LogP) is 1.24. The minimum Gasteiger partial charge on any atom is -0.466 e. The first-order valence-corrected chi connectivity index (χ1v) is 9.46. The minimum absolute atomic E-state index is 0.0671. The molecule has 7 heteroatoms. The van der Waals surface area contributed by atoms with E-state index in [0.717, 1.165) is 0 Å². The Morgan fingerprint density at radius 3 is 2.24 bits per heavy atom. The molecule has 4 bridgehead atoms. The predicted molar refractivity (Wildman–Crippen MR) is 98.2 cm³/mol. The number of hydrogen-bond donors (Lipinski definition) is 0. The first kappa shape index (κ1) is 18.2. The van der Waals surface area contributed by atoms with E-state index >= 15 is 0 Å². The van der Waals surface area contributed by atoms with E-state index in [9.17, 15) is 19.2 Å². The second-order valence-corrected chi connectivity index (χ2v) is 8.51. The van der Waals surface area contributed by atoms with Crippen LogP contribution in [0.1, 0.15) is 13.8 Å². The molecular weight excluding hydrogens is 376 g/mol. The summed E-state index contributed by atoms with van der Waals surface area (Å²) in [4.78, 5) is 51.8. The number of ketones is 2. The Labute approximate surface area is 167 Å². The molecule has 1 fully saturated rings. The molecule has 6 atom stereocenters. The van der Waals surface area contributed by atoms with Crippen molar-refractivity contribution in [1.82, 2.24) is 0 Å². The summed E-state index contributed by atoms with van der Waals surface area (Å²) in [5, 5.41) is 0. The zero-order valence-electron chi connectivity index (χ0n) is 16.5. The lowest BCUT2D eigenvalue weighted by molar-refractivity contribution is -0.141. The van der Waals surface area contributed by atoms with Gasteiger partial charge in [0.25, 0.3) is 0 Å². The van der Waals surface area contributed by atoms with Gasteiger partial charge in [-0.3, -0.25) is 9.59 Å². The van der Waals surface area contributed by atoms with Crippen molar-refractivity contribution in [1.29, 1.82) is 0 Å². The van der Waals surface area contributed by atoms with E-state index in [1.165, 1.54) is 26.4 Å². The van der Waals surface area contributed by atoms with E-state index in [-0.39, 0.29) is 22.7 Å². The number of fused-ring (bicyclic) bond motifs is 3. The second-order valence-electron chi connectivity index (χ2n) is 8.51. The lowest BCUT2D eigenvalue weighted by atomic mass is 9.49. The van der Waals surface area contributed by atoms with Crippen molar-refractivity contribution in [2.75, 3.05) is 14.2 Å². The molecule has 0 amide bonds. The number of hydrogen-bond acceptors (Lipinski definition) is 7. The first-order valence-electron chi connectivity index (χ1n) is 9.46. The molecule has 29 heavy (non-hydrogen) atoms. The summed E-state index contributed by atoms with van der Waals surface area (Å²) in [6, 6.07) is 0. The number of methoxy groups -OCH3 is 2.